The molecular weight excluding hydrogens is 322 g/mol. The van der Waals surface area contributed by atoms with Crippen molar-refractivity contribution in [2.24, 2.45) is 0 Å². The molecule has 0 atom stereocenters. The maximum Gasteiger partial charge on any atom is 0.273 e. The summed E-state index contributed by atoms with van der Waals surface area (Å²) in [7, 11) is 1.58. The number of benzene rings is 1. The predicted octanol–water partition coefficient (Wildman–Crippen LogP) is 0.844. The van der Waals surface area contributed by atoms with Crippen LogP contribution in [0.25, 0.3) is 5.69 Å². The summed E-state index contributed by atoms with van der Waals surface area (Å²) in [6.45, 7) is 2.72. The molecule has 1 aromatic carbocycles. The van der Waals surface area contributed by atoms with Gasteiger partial charge in [-0.15, -0.1) is 5.10 Å². The highest BCUT2D eigenvalue weighted by molar-refractivity contribution is 5.94. The molecule has 1 aromatic heterocycles. The Labute approximate surface area is 145 Å². The molecule has 0 unspecified atom stereocenters. The Bertz CT molecular complexity index is 765. The van der Waals surface area contributed by atoms with Gasteiger partial charge >= 0.3 is 0 Å². The topological polar surface area (TPSA) is 98.1 Å². The summed E-state index contributed by atoms with van der Waals surface area (Å²) in [4.78, 5) is 24.1. The monoisotopic (exact) mass is 343 g/mol. The van der Waals surface area contributed by atoms with Crippen LogP contribution in [0.4, 0.5) is 0 Å². The average molecular weight is 343 g/mol. The normalized spacial score (nSPS) is 13.5. The molecule has 3 rings (SSSR count). The number of hydrogen-bond donors (Lipinski definition) is 2. The summed E-state index contributed by atoms with van der Waals surface area (Å²) in [5.41, 5.74) is 2.27. The van der Waals surface area contributed by atoms with Gasteiger partial charge in [0.1, 0.15) is 0 Å². The summed E-state index contributed by atoms with van der Waals surface area (Å²) < 4.78 is 6.49. The number of amides is 2. The van der Waals surface area contributed by atoms with E-state index in [1.165, 1.54) is 0 Å². The largest absolute Gasteiger partial charge is 0.383 e. The van der Waals surface area contributed by atoms with Crippen molar-refractivity contribution >= 4 is 11.8 Å². The minimum Gasteiger partial charge on any atom is -0.383 e. The van der Waals surface area contributed by atoms with Crippen LogP contribution in [0.5, 0.6) is 0 Å². The average Bonchev–Trinajstić information content (AvgIpc) is 3.34. The first kappa shape index (κ1) is 17.1. The van der Waals surface area contributed by atoms with E-state index in [2.05, 4.69) is 20.9 Å². The Morgan fingerprint density at radius 2 is 1.96 bits per heavy atom. The van der Waals surface area contributed by atoms with Gasteiger partial charge in [0.2, 0.25) is 0 Å². The number of nitrogens with zero attached hydrogens (tertiary/aromatic N) is 3. The SMILES string of the molecule is COCCNC(=O)c1ccc(-n2nnc(C(=O)NC3CC3)c2C)cc1. The standard InChI is InChI=1S/C17H21N5O3/c1-11-15(17(24)19-13-5-6-13)20-21-22(11)14-7-3-12(4-8-14)16(23)18-9-10-25-2/h3-4,7-8,13H,5-6,9-10H2,1-2H3,(H,18,23)(H,19,24). The number of nitrogens with one attached hydrogen (secondary N) is 2. The van der Waals surface area contributed by atoms with Crippen molar-refractivity contribution in [2.75, 3.05) is 20.3 Å². The predicted molar refractivity (Wildman–Crippen MR) is 90.8 cm³/mol. The van der Waals surface area contributed by atoms with Crippen LogP contribution in [-0.2, 0) is 4.74 Å². The first-order valence-electron chi connectivity index (χ1n) is 8.21. The van der Waals surface area contributed by atoms with Gasteiger partial charge in [0, 0.05) is 25.3 Å². The minimum atomic E-state index is -0.194. The van der Waals surface area contributed by atoms with Crippen molar-refractivity contribution in [1.29, 1.82) is 0 Å². The van der Waals surface area contributed by atoms with Gasteiger partial charge in [0.15, 0.2) is 5.69 Å². The van der Waals surface area contributed by atoms with Gasteiger partial charge in [0.05, 0.1) is 18.0 Å². The Morgan fingerprint density at radius 1 is 1.24 bits per heavy atom. The summed E-state index contributed by atoms with van der Waals surface area (Å²) in [5, 5.41) is 13.7. The zero-order valence-electron chi connectivity index (χ0n) is 14.3. The molecular formula is C17H21N5O3. The Hall–Kier alpha value is -2.74. The van der Waals surface area contributed by atoms with Crippen molar-refractivity contribution < 1.29 is 14.3 Å². The van der Waals surface area contributed by atoms with E-state index in [1.807, 2.05) is 0 Å². The van der Waals surface area contributed by atoms with Gasteiger partial charge in [-0.1, -0.05) is 5.21 Å². The van der Waals surface area contributed by atoms with Crippen LogP contribution < -0.4 is 10.6 Å². The molecule has 8 heteroatoms. The van der Waals surface area contributed by atoms with Crippen LogP contribution in [0.15, 0.2) is 24.3 Å². The van der Waals surface area contributed by atoms with Crippen molar-refractivity contribution in [3.05, 3.63) is 41.2 Å². The Balaban J connectivity index is 1.70. The highest BCUT2D eigenvalue weighted by atomic mass is 16.5. The summed E-state index contributed by atoms with van der Waals surface area (Å²) in [6.07, 6.45) is 2.04. The van der Waals surface area contributed by atoms with Gasteiger partial charge in [-0.05, 0) is 44.0 Å². The fourth-order valence-electron chi connectivity index (χ4n) is 2.39. The molecule has 0 bridgehead atoms. The fraction of sp³-hybridized carbons (Fsp3) is 0.412. The third-order valence-electron chi connectivity index (χ3n) is 3.99. The van der Waals surface area contributed by atoms with Crippen molar-refractivity contribution in [1.82, 2.24) is 25.6 Å². The highest BCUT2D eigenvalue weighted by Gasteiger charge is 2.26. The van der Waals surface area contributed by atoms with Gasteiger partial charge in [-0.2, -0.15) is 0 Å². The molecule has 1 aliphatic carbocycles. The van der Waals surface area contributed by atoms with Crippen LogP contribution in [0, 0.1) is 6.92 Å². The maximum atomic E-state index is 12.1. The molecule has 2 amide bonds. The van der Waals surface area contributed by atoms with Gasteiger partial charge in [-0.25, -0.2) is 4.68 Å². The third-order valence-corrected chi connectivity index (χ3v) is 3.99. The van der Waals surface area contributed by atoms with E-state index in [4.69, 9.17) is 4.74 Å². The molecule has 0 saturated heterocycles. The molecule has 25 heavy (non-hydrogen) atoms. The lowest BCUT2D eigenvalue weighted by atomic mass is 10.2. The summed E-state index contributed by atoms with van der Waals surface area (Å²) in [5.74, 6) is -0.358. The molecule has 0 radical (unpaired) electrons. The second-order valence-corrected chi connectivity index (χ2v) is 5.98. The lowest BCUT2D eigenvalue weighted by Gasteiger charge is -2.07. The summed E-state index contributed by atoms with van der Waals surface area (Å²) >= 11 is 0. The van der Waals surface area contributed by atoms with E-state index in [9.17, 15) is 9.59 Å². The second kappa shape index (κ2) is 7.43. The number of carbonyl (C=O) groups is 2. The number of methoxy groups -OCH3 is 1. The number of aromatic nitrogens is 3. The third kappa shape index (κ3) is 4.03. The van der Waals surface area contributed by atoms with E-state index >= 15 is 0 Å². The Kier molecular flexibility index (Phi) is 5.08. The molecule has 132 valence electrons. The van der Waals surface area contributed by atoms with Crippen molar-refractivity contribution in [2.45, 2.75) is 25.8 Å². The zero-order valence-corrected chi connectivity index (χ0v) is 14.3. The molecule has 1 heterocycles. The van der Waals surface area contributed by atoms with Crippen LogP contribution in [0.2, 0.25) is 0 Å². The van der Waals surface area contributed by atoms with E-state index in [1.54, 1.807) is 43.0 Å². The highest BCUT2D eigenvalue weighted by Crippen LogP contribution is 2.20. The van der Waals surface area contributed by atoms with Crippen molar-refractivity contribution in [3.8, 4) is 5.69 Å². The smallest absolute Gasteiger partial charge is 0.273 e. The van der Waals surface area contributed by atoms with Crippen LogP contribution in [-0.4, -0.2) is 53.1 Å². The molecule has 2 N–H and O–H groups in total. The van der Waals surface area contributed by atoms with E-state index in [-0.39, 0.29) is 17.9 Å². The van der Waals surface area contributed by atoms with E-state index < -0.39 is 0 Å². The number of carbonyl (C=O) groups excluding carboxylic acids is 2. The van der Waals surface area contributed by atoms with Crippen LogP contribution in [0.3, 0.4) is 0 Å². The zero-order chi connectivity index (χ0) is 17.8. The lowest BCUT2D eigenvalue weighted by Crippen LogP contribution is -2.26. The quantitative estimate of drug-likeness (QED) is 0.726. The van der Waals surface area contributed by atoms with Gasteiger partial charge in [0.25, 0.3) is 11.8 Å². The first-order valence-corrected chi connectivity index (χ1v) is 8.21. The molecule has 1 fully saturated rings. The molecule has 8 nitrogen and oxygen atoms in total. The minimum absolute atomic E-state index is 0.164. The molecule has 1 aliphatic rings. The van der Waals surface area contributed by atoms with E-state index in [0.717, 1.165) is 18.5 Å². The fourth-order valence-corrected chi connectivity index (χ4v) is 2.39. The molecule has 2 aromatic rings. The number of ether oxygens (including phenoxy) is 1. The molecule has 0 aliphatic heterocycles. The first-order chi connectivity index (χ1) is 12.1. The number of hydrogen-bond acceptors (Lipinski definition) is 5. The Morgan fingerprint density at radius 3 is 2.60 bits per heavy atom. The number of rotatable bonds is 7. The van der Waals surface area contributed by atoms with Crippen LogP contribution >= 0.6 is 0 Å². The van der Waals surface area contributed by atoms with Crippen LogP contribution in [0.1, 0.15) is 39.4 Å². The summed E-state index contributed by atoms with van der Waals surface area (Å²) in [6, 6.07) is 7.24. The lowest BCUT2D eigenvalue weighted by molar-refractivity contribution is 0.0932. The van der Waals surface area contributed by atoms with Gasteiger partial charge < -0.3 is 15.4 Å². The molecule has 0 spiro atoms. The van der Waals surface area contributed by atoms with Gasteiger partial charge in [-0.3, -0.25) is 9.59 Å². The van der Waals surface area contributed by atoms with E-state index in [0.29, 0.717) is 30.1 Å². The molecule has 1 saturated carbocycles. The van der Waals surface area contributed by atoms with Crippen molar-refractivity contribution in [3.63, 3.8) is 0 Å². The second-order valence-electron chi connectivity index (χ2n) is 5.98. The maximum absolute atomic E-state index is 12.1.